The third-order valence-corrected chi connectivity index (χ3v) is 4.05. The van der Waals surface area contributed by atoms with E-state index in [0.29, 0.717) is 4.90 Å². The van der Waals surface area contributed by atoms with Gasteiger partial charge in [0.05, 0.1) is 4.90 Å². The largest absolute Gasteiger partial charge is 0.314 e. The van der Waals surface area contributed by atoms with Gasteiger partial charge >= 0.3 is 0 Å². The van der Waals surface area contributed by atoms with Gasteiger partial charge < -0.3 is 5.32 Å². The number of piperazine rings is 1. The van der Waals surface area contributed by atoms with E-state index in [0.717, 1.165) is 38.3 Å². The van der Waals surface area contributed by atoms with Crippen molar-refractivity contribution in [1.82, 2.24) is 10.2 Å². The Bertz CT molecular complexity index is 481. The van der Waals surface area contributed by atoms with Crippen molar-refractivity contribution in [3.8, 4) is 0 Å². The maximum Gasteiger partial charge on any atom is 0.175 e. The fraction of sp³-hybridized carbons (Fsp3) is 0.625. The highest BCUT2D eigenvalue weighted by Crippen LogP contribution is 2.13. The summed E-state index contributed by atoms with van der Waals surface area (Å²) < 4.78 is 22.9. The maximum absolute atomic E-state index is 11.5. The molecular formula is C16H30N2O2S. The van der Waals surface area contributed by atoms with Gasteiger partial charge in [-0.15, -0.1) is 0 Å². The second-order valence-electron chi connectivity index (χ2n) is 4.45. The Morgan fingerprint density at radius 1 is 1.10 bits per heavy atom. The molecule has 0 radical (unpaired) electrons. The van der Waals surface area contributed by atoms with Crippen LogP contribution in [-0.4, -0.2) is 45.8 Å². The first-order chi connectivity index (χ1) is 10.1. The second-order valence-corrected chi connectivity index (χ2v) is 6.46. The lowest BCUT2D eigenvalue weighted by atomic mass is 10.2. The Kier molecular flexibility index (Phi) is 10.3. The summed E-state index contributed by atoms with van der Waals surface area (Å²) in [6.45, 7) is 12.9. The molecule has 0 amide bonds. The first-order valence-corrected chi connectivity index (χ1v) is 9.67. The summed E-state index contributed by atoms with van der Waals surface area (Å²) in [5.41, 5.74) is 1.06. The minimum Gasteiger partial charge on any atom is -0.314 e. The zero-order valence-electron chi connectivity index (χ0n) is 14.0. The predicted molar refractivity (Wildman–Crippen MR) is 90.4 cm³/mol. The van der Waals surface area contributed by atoms with E-state index in [1.54, 1.807) is 12.1 Å². The van der Waals surface area contributed by atoms with E-state index in [1.807, 2.05) is 39.8 Å². The molecule has 1 saturated heterocycles. The van der Waals surface area contributed by atoms with Crippen molar-refractivity contribution in [3.63, 3.8) is 0 Å². The molecule has 1 fully saturated rings. The molecule has 1 heterocycles. The summed E-state index contributed by atoms with van der Waals surface area (Å²) in [6.07, 6.45) is 1.25. The monoisotopic (exact) mass is 314 g/mol. The summed E-state index contributed by atoms with van der Waals surface area (Å²) in [5, 5.41) is 3.30. The molecule has 0 bridgehead atoms. The minimum atomic E-state index is -3.10. The zero-order valence-corrected chi connectivity index (χ0v) is 14.8. The molecule has 0 unspecified atom stereocenters. The number of benzene rings is 1. The van der Waals surface area contributed by atoms with Gasteiger partial charge in [0.25, 0.3) is 0 Å². The normalized spacial score (nSPS) is 15.3. The summed E-state index contributed by atoms with van der Waals surface area (Å²) in [6, 6.07) is 7.22. The number of hydrogen-bond donors (Lipinski definition) is 1. The number of rotatable bonds is 3. The average Bonchev–Trinajstić information content (AvgIpc) is 2.52. The van der Waals surface area contributed by atoms with Gasteiger partial charge in [-0.1, -0.05) is 39.8 Å². The fourth-order valence-electron chi connectivity index (χ4n) is 2.00. The van der Waals surface area contributed by atoms with Crippen LogP contribution in [0.5, 0.6) is 0 Å². The Morgan fingerprint density at radius 3 is 2.19 bits per heavy atom. The Labute approximate surface area is 130 Å². The molecule has 0 spiro atoms. The van der Waals surface area contributed by atoms with E-state index in [4.69, 9.17) is 0 Å². The van der Waals surface area contributed by atoms with E-state index in [-0.39, 0.29) is 0 Å². The topological polar surface area (TPSA) is 49.4 Å². The summed E-state index contributed by atoms with van der Waals surface area (Å²) in [4.78, 5) is 2.74. The lowest BCUT2D eigenvalue weighted by Crippen LogP contribution is -2.42. The van der Waals surface area contributed by atoms with Crippen molar-refractivity contribution in [2.45, 2.75) is 39.1 Å². The number of nitrogens with one attached hydrogen (secondary N) is 1. The SMILES string of the molecule is CC.CC.CS(=O)(=O)c1cccc(CN2CCNCC2)c1. The van der Waals surface area contributed by atoms with Crippen LogP contribution in [0.4, 0.5) is 0 Å². The second kappa shape index (κ2) is 10.8. The smallest absolute Gasteiger partial charge is 0.175 e. The molecule has 21 heavy (non-hydrogen) atoms. The van der Waals surface area contributed by atoms with Crippen LogP contribution in [-0.2, 0) is 16.4 Å². The van der Waals surface area contributed by atoms with Gasteiger partial charge in [0, 0.05) is 39.0 Å². The van der Waals surface area contributed by atoms with E-state index >= 15 is 0 Å². The standard InChI is InChI=1S/C12H18N2O2S.2C2H6/c1-17(15,16)12-4-2-3-11(9-12)10-14-7-5-13-6-8-14;2*1-2/h2-4,9,13H,5-8,10H2,1H3;2*1-2H3. The minimum absolute atomic E-state index is 0.408. The average molecular weight is 314 g/mol. The molecule has 1 aromatic carbocycles. The van der Waals surface area contributed by atoms with Crippen LogP contribution in [0.3, 0.4) is 0 Å². The fourth-order valence-corrected chi connectivity index (χ4v) is 2.69. The summed E-state index contributed by atoms with van der Waals surface area (Å²) in [7, 11) is -3.10. The molecule has 1 N–H and O–H groups in total. The highest BCUT2D eigenvalue weighted by Gasteiger charge is 2.12. The summed E-state index contributed by atoms with van der Waals surface area (Å²) in [5.74, 6) is 0. The van der Waals surface area contributed by atoms with Gasteiger partial charge in [0.1, 0.15) is 0 Å². The van der Waals surface area contributed by atoms with Crippen LogP contribution in [0, 0.1) is 0 Å². The van der Waals surface area contributed by atoms with Crippen molar-refractivity contribution in [3.05, 3.63) is 29.8 Å². The Morgan fingerprint density at radius 2 is 1.67 bits per heavy atom. The lowest BCUT2D eigenvalue weighted by molar-refractivity contribution is 0.233. The molecule has 1 aliphatic heterocycles. The van der Waals surface area contributed by atoms with Gasteiger partial charge in [-0.2, -0.15) is 0 Å². The van der Waals surface area contributed by atoms with Crippen molar-refractivity contribution < 1.29 is 8.42 Å². The van der Waals surface area contributed by atoms with Crippen LogP contribution in [0.2, 0.25) is 0 Å². The molecule has 1 aliphatic rings. The third kappa shape index (κ3) is 7.60. The van der Waals surface area contributed by atoms with Crippen molar-refractivity contribution in [2.24, 2.45) is 0 Å². The molecule has 4 nitrogen and oxygen atoms in total. The number of hydrogen-bond acceptors (Lipinski definition) is 4. The number of sulfone groups is 1. The van der Waals surface area contributed by atoms with Crippen molar-refractivity contribution >= 4 is 9.84 Å². The molecule has 1 aromatic rings. The van der Waals surface area contributed by atoms with Crippen LogP contribution >= 0.6 is 0 Å². The van der Waals surface area contributed by atoms with Gasteiger partial charge in [-0.3, -0.25) is 4.90 Å². The maximum atomic E-state index is 11.5. The highest BCUT2D eigenvalue weighted by atomic mass is 32.2. The van der Waals surface area contributed by atoms with Gasteiger partial charge in [0.2, 0.25) is 0 Å². The van der Waals surface area contributed by atoms with Crippen LogP contribution < -0.4 is 5.32 Å². The predicted octanol–water partition coefficient (Wildman–Crippen LogP) is 2.55. The van der Waals surface area contributed by atoms with E-state index in [9.17, 15) is 8.42 Å². The molecule has 122 valence electrons. The first kappa shape index (κ1) is 20.1. The molecule has 0 saturated carbocycles. The molecular weight excluding hydrogens is 284 g/mol. The van der Waals surface area contributed by atoms with Crippen molar-refractivity contribution in [1.29, 1.82) is 0 Å². The van der Waals surface area contributed by atoms with Gasteiger partial charge in [-0.25, -0.2) is 8.42 Å². The third-order valence-electron chi connectivity index (χ3n) is 2.94. The van der Waals surface area contributed by atoms with E-state index < -0.39 is 9.84 Å². The van der Waals surface area contributed by atoms with E-state index in [1.165, 1.54) is 6.26 Å². The quantitative estimate of drug-likeness (QED) is 0.931. The van der Waals surface area contributed by atoms with Crippen LogP contribution in [0.1, 0.15) is 33.3 Å². The molecule has 5 heteroatoms. The molecule has 0 atom stereocenters. The van der Waals surface area contributed by atoms with Gasteiger partial charge in [-0.05, 0) is 17.7 Å². The molecule has 2 rings (SSSR count). The molecule has 0 aromatic heterocycles. The lowest BCUT2D eigenvalue weighted by Gasteiger charge is -2.27. The Balaban J connectivity index is 0.000000921. The summed E-state index contributed by atoms with van der Waals surface area (Å²) >= 11 is 0. The highest BCUT2D eigenvalue weighted by molar-refractivity contribution is 7.90. The van der Waals surface area contributed by atoms with E-state index in [2.05, 4.69) is 10.2 Å². The number of nitrogens with zero attached hydrogens (tertiary/aromatic N) is 1. The van der Waals surface area contributed by atoms with Crippen LogP contribution in [0.15, 0.2) is 29.2 Å². The van der Waals surface area contributed by atoms with Crippen LogP contribution in [0.25, 0.3) is 0 Å². The van der Waals surface area contributed by atoms with Gasteiger partial charge in [0.15, 0.2) is 9.84 Å². The van der Waals surface area contributed by atoms with Crippen molar-refractivity contribution in [2.75, 3.05) is 32.4 Å². The zero-order chi connectivity index (χ0) is 16.3. The first-order valence-electron chi connectivity index (χ1n) is 7.78. The Hall–Kier alpha value is -0.910. The molecule has 0 aliphatic carbocycles.